The van der Waals surface area contributed by atoms with Gasteiger partial charge in [0.25, 0.3) is 0 Å². The summed E-state index contributed by atoms with van der Waals surface area (Å²) in [5.41, 5.74) is 9.27. The van der Waals surface area contributed by atoms with E-state index in [1.54, 1.807) is 6.20 Å². The van der Waals surface area contributed by atoms with Crippen molar-refractivity contribution < 1.29 is 0 Å². The summed E-state index contributed by atoms with van der Waals surface area (Å²) in [5, 5.41) is 2.28. The number of hydrogen-bond donors (Lipinski definition) is 0. The molecule has 4 aromatic heterocycles. The van der Waals surface area contributed by atoms with Gasteiger partial charge in [-0.25, -0.2) is 4.98 Å². The maximum Gasteiger partial charge on any atom is 0.145 e. The molecule has 0 saturated heterocycles. The van der Waals surface area contributed by atoms with Crippen molar-refractivity contribution in [3.8, 4) is 34.0 Å². The summed E-state index contributed by atoms with van der Waals surface area (Å²) < 4.78 is 4.57. The lowest BCUT2D eigenvalue weighted by Crippen LogP contribution is -1.99. The molecule has 4 aromatic carbocycles. The van der Waals surface area contributed by atoms with Crippen LogP contribution in [0.25, 0.3) is 66.9 Å². The molecular weight excluding hydrogens is 490 g/mol. The molecule has 0 aliphatic rings. The van der Waals surface area contributed by atoms with Gasteiger partial charge in [-0.2, -0.15) is 0 Å². The zero-order valence-corrected chi connectivity index (χ0v) is 21.5. The van der Waals surface area contributed by atoms with E-state index in [0.29, 0.717) is 0 Å². The second-order valence-corrected chi connectivity index (χ2v) is 9.77. The van der Waals surface area contributed by atoms with Crippen molar-refractivity contribution in [2.45, 2.75) is 0 Å². The minimum Gasteiger partial charge on any atom is -0.307 e. The molecule has 0 atom stereocenters. The molecular formula is C35H23N5. The lowest BCUT2D eigenvalue weighted by Gasteiger charge is -2.13. The Hall–Kier alpha value is -5.55. The van der Waals surface area contributed by atoms with Crippen molar-refractivity contribution in [2.24, 2.45) is 0 Å². The predicted octanol–water partition coefficient (Wildman–Crippen LogP) is 8.25. The summed E-state index contributed by atoms with van der Waals surface area (Å²) in [4.78, 5) is 14.5. The first-order chi connectivity index (χ1) is 19.9. The van der Waals surface area contributed by atoms with Crippen LogP contribution in [0.4, 0.5) is 0 Å². The number of para-hydroxylation sites is 2. The van der Waals surface area contributed by atoms with E-state index in [0.717, 1.165) is 66.9 Å². The van der Waals surface area contributed by atoms with E-state index in [1.807, 2.05) is 36.7 Å². The standard InChI is InChI=1S/C35H23N5/c1-3-11-24(12-4-1)35-38-34-31(39(35)26-14-5-2-6-15-26)20-19-29-32(34)27-16-7-8-17-28(27)40(29)30-18-10-22-37-33(30)25-13-9-21-36-23-25/h1-23H. The van der Waals surface area contributed by atoms with Crippen molar-refractivity contribution in [3.05, 3.63) is 140 Å². The fraction of sp³-hybridized carbons (Fsp3) is 0. The topological polar surface area (TPSA) is 48.5 Å². The Morgan fingerprint density at radius 3 is 2.08 bits per heavy atom. The molecule has 188 valence electrons. The highest BCUT2D eigenvalue weighted by molar-refractivity contribution is 6.20. The smallest absolute Gasteiger partial charge is 0.145 e. The molecule has 0 radical (unpaired) electrons. The molecule has 0 spiro atoms. The molecule has 5 nitrogen and oxygen atoms in total. The monoisotopic (exact) mass is 513 g/mol. The second-order valence-electron chi connectivity index (χ2n) is 9.77. The molecule has 4 heterocycles. The zero-order chi connectivity index (χ0) is 26.5. The Morgan fingerprint density at radius 1 is 0.525 bits per heavy atom. The normalized spacial score (nSPS) is 11.5. The van der Waals surface area contributed by atoms with Gasteiger partial charge in [0.1, 0.15) is 5.82 Å². The van der Waals surface area contributed by atoms with Gasteiger partial charge in [0.05, 0.1) is 33.4 Å². The third-order valence-corrected chi connectivity index (χ3v) is 7.47. The van der Waals surface area contributed by atoms with E-state index >= 15 is 0 Å². The van der Waals surface area contributed by atoms with Crippen molar-refractivity contribution in [3.63, 3.8) is 0 Å². The van der Waals surface area contributed by atoms with Crippen LogP contribution >= 0.6 is 0 Å². The van der Waals surface area contributed by atoms with Crippen LogP contribution in [0.5, 0.6) is 0 Å². The molecule has 8 rings (SSSR count). The molecule has 0 fully saturated rings. The maximum absolute atomic E-state index is 5.35. The Labute approximate surface area is 230 Å². The van der Waals surface area contributed by atoms with Gasteiger partial charge in [0.2, 0.25) is 0 Å². The van der Waals surface area contributed by atoms with Crippen LogP contribution in [0.2, 0.25) is 0 Å². The predicted molar refractivity (Wildman–Crippen MR) is 162 cm³/mol. The van der Waals surface area contributed by atoms with Crippen molar-refractivity contribution in [1.82, 2.24) is 24.1 Å². The van der Waals surface area contributed by atoms with E-state index in [1.165, 1.54) is 0 Å². The first kappa shape index (κ1) is 22.4. The molecule has 8 aromatic rings. The number of aromatic nitrogens is 5. The van der Waals surface area contributed by atoms with E-state index < -0.39 is 0 Å². The molecule has 5 heteroatoms. The van der Waals surface area contributed by atoms with Crippen LogP contribution in [0.1, 0.15) is 0 Å². The van der Waals surface area contributed by atoms with Gasteiger partial charge in [0, 0.05) is 46.2 Å². The van der Waals surface area contributed by atoms with Crippen LogP contribution in [0, 0.1) is 0 Å². The minimum absolute atomic E-state index is 0.887. The molecule has 0 aliphatic heterocycles. The van der Waals surface area contributed by atoms with E-state index in [9.17, 15) is 0 Å². The van der Waals surface area contributed by atoms with E-state index in [4.69, 9.17) is 9.97 Å². The van der Waals surface area contributed by atoms with Gasteiger partial charge in [0.15, 0.2) is 0 Å². The molecule has 0 N–H and O–H groups in total. The lowest BCUT2D eigenvalue weighted by atomic mass is 10.1. The van der Waals surface area contributed by atoms with Gasteiger partial charge >= 0.3 is 0 Å². The summed E-state index contributed by atoms with van der Waals surface area (Å²) >= 11 is 0. The molecule has 40 heavy (non-hydrogen) atoms. The minimum atomic E-state index is 0.887. The summed E-state index contributed by atoms with van der Waals surface area (Å²) in [6, 6.07) is 42.0. The fourth-order valence-electron chi connectivity index (χ4n) is 5.78. The van der Waals surface area contributed by atoms with Crippen LogP contribution in [0.15, 0.2) is 140 Å². The quantitative estimate of drug-likeness (QED) is 0.238. The number of benzene rings is 4. The molecule has 0 amide bonds. The number of pyridine rings is 2. The number of nitrogens with zero attached hydrogens (tertiary/aromatic N) is 5. The fourth-order valence-corrected chi connectivity index (χ4v) is 5.78. The van der Waals surface area contributed by atoms with E-state index in [-0.39, 0.29) is 0 Å². The lowest BCUT2D eigenvalue weighted by molar-refractivity contribution is 1.10. The highest BCUT2D eigenvalue weighted by atomic mass is 15.1. The van der Waals surface area contributed by atoms with Gasteiger partial charge in [-0.3, -0.25) is 14.5 Å². The first-order valence-electron chi connectivity index (χ1n) is 13.3. The van der Waals surface area contributed by atoms with Gasteiger partial charge in [-0.1, -0.05) is 66.7 Å². The van der Waals surface area contributed by atoms with Crippen LogP contribution < -0.4 is 0 Å². The number of fused-ring (bicyclic) bond motifs is 5. The molecule has 0 unspecified atom stereocenters. The number of imidazole rings is 1. The third-order valence-electron chi connectivity index (χ3n) is 7.47. The van der Waals surface area contributed by atoms with Gasteiger partial charge in [-0.15, -0.1) is 0 Å². The largest absolute Gasteiger partial charge is 0.307 e. The third kappa shape index (κ3) is 3.38. The van der Waals surface area contributed by atoms with Crippen molar-refractivity contribution in [2.75, 3.05) is 0 Å². The van der Waals surface area contributed by atoms with Gasteiger partial charge in [-0.05, 0) is 54.6 Å². The summed E-state index contributed by atoms with van der Waals surface area (Å²) in [6.45, 7) is 0. The Bertz CT molecular complexity index is 2140. The molecule has 0 bridgehead atoms. The maximum atomic E-state index is 5.35. The second kappa shape index (κ2) is 9.03. The molecule has 0 saturated carbocycles. The average molecular weight is 514 g/mol. The first-order valence-corrected chi connectivity index (χ1v) is 13.3. The van der Waals surface area contributed by atoms with Crippen molar-refractivity contribution >= 4 is 32.8 Å². The van der Waals surface area contributed by atoms with Crippen LogP contribution in [0.3, 0.4) is 0 Å². The van der Waals surface area contributed by atoms with Crippen LogP contribution in [-0.2, 0) is 0 Å². The van der Waals surface area contributed by atoms with E-state index in [2.05, 4.69) is 111 Å². The Balaban J connectivity index is 1.50. The summed E-state index contributed by atoms with van der Waals surface area (Å²) in [7, 11) is 0. The zero-order valence-electron chi connectivity index (χ0n) is 21.5. The summed E-state index contributed by atoms with van der Waals surface area (Å²) in [6.07, 6.45) is 5.49. The highest BCUT2D eigenvalue weighted by Gasteiger charge is 2.22. The van der Waals surface area contributed by atoms with Crippen molar-refractivity contribution in [1.29, 1.82) is 0 Å². The Morgan fingerprint density at radius 2 is 1.25 bits per heavy atom. The Kier molecular flexibility index (Phi) is 5.07. The average Bonchev–Trinajstić information content (AvgIpc) is 3.58. The number of rotatable bonds is 4. The number of hydrogen-bond acceptors (Lipinski definition) is 3. The molecule has 0 aliphatic carbocycles. The highest BCUT2D eigenvalue weighted by Crippen LogP contribution is 2.40. The summed E-state index contributed by atoms with van der Waals surface area (Å²) in [5.74, 6) is 0.920. The SMILES string of the molecule is c1ccc(-c2nc3c4c5ccccc5n(-c5cccnc5-c5cccnc5)c4ccc3n2-c2ccccc2)cc1. The van der Waals surface area contributed by atoms with Crippen LogP contribution in [-0.4, -0.2) is 24.1 Å². The van der Waals surface area contributed by atoms with Gasteiger partial charge < -0.3 is 4.57 Å².